The molecule has 0 spiro atoms. The van der Waals surface area contributed by atoms with Crippen molar-refractivity contribution in [1.82, 2.24) is 25.3 Å². The predicted molar refractivity (Wildman–Crippen MR) is 66.8 cm³/mol. The van der Waals surface area contributed by atoms with Gasteiger partial charge in [-0.15, -0.1) is 5.10 Å². The number of hydrogen-bond donors (Lipinski definition) is 2. The Balaban J connectivity index is 1.68. The Morgan fingerprint density at radius 1 is 1.28 bits per heavy atom. The van der Waals surface area contributed by atoms with Crippen LogP contribution in [0.25, 0.3) is 0 Å². The topological polar surface area (TPSA) is 75.9 Å². The molecule has 2 aromatic heterocycles. The van der Waals surface area contributed by atoms with Crippen LogP contribution in [0.15, 0.2) is 30.6 Å². The highest BCUT2D eigenvalue weighted by atomic mass is 16.3. The third kappa shape index (κ3) is 3.90. The van der Waals surface area contributed by atoms with Gasteiger partial charge in [0.2, 0.25) is 0 Å². The van der Waals surface area contributed by atoms with Gasteiger partial charge in [0.15, 0.2) is 0 Å². The SMILES string of the molecule is OCCn1cc(CNCCc2ccccn2)nn1. The maximum Gasteiger partial charge on any atom is 0.0964 e. The van der Waals surface area contributed by atoms with Gasteiger partial charge in [0.25, 0.3) is 0 Å². The zero-order valence-electron chi connectivity index (χ0n) is 10.2. The Bertz CT molecular complexity index is 457. The molecule has 0 aliphatic carbocycles. The zero-order valence-corrected chi connectivity index (χ0v) is 10.2. The number of aliphatic hydroxyl groups excluding tert-OH is 1. The van der Waals surface area contributed by atoms with Crippen LogP contribution in [-0.4, -0.2) is 38.2 Å². The van der Waals surface area contributed by atoms with Crippen LogP contribution in [0.4, 0.5) is 0 Å². The van der Waals surface area contributed by atoms with Crippen LogP contribution in [0.2, 0.25) is 0 Å². The zero-order chi connectivity index (χ0) is 12.6. The minimum absolute atomic E-state index is 0.0793. The van der Waals surface area contributed by atoms with E-state index in [2.05, 4.69) is 20.6 Å². The first-order chi connectivity index (χ1) is 8.88. The van der Waals surface area contributed by atoms with Gasteiger partial charge in [0.1, 0.15) is 0 Å². The summed E-state index contributed by atoms with van der Waals surface area (Å²) in [5.41, 5.74) is 1.96. The van der Waals surface area contributed by atoms with Crippen molar-refractivity contribution in [3.05, 3.63) is 42.0 Å². The van der Waals surface area contributed by atoms with E-state index in [9.17, 15) is 0 Å². The highest BCUT2D eigenvalue weighted by Gasteiger charge is 2.00. The van der Waals surface area contributed by atoms with E-state index < -0.39 is 0 Å². The van der Waals surface area contributed by atoms with Gasteiger partial charge in [-0.1, -0.05) is 11.3 Å². The van der Waals surface area contributed by atoms with Crippen LogP contribution in [0.5, 0.6) is 0 Å². The minimum Gasteiger partial charge on any atom is -0.394 e. The number of nitrogens with zero attached hydrogens (tertiary/aromatic N) is 4. The van der Waals surface area contributed by atoms with Crippen molar-refractivity contribution in [2.45, 2.75) is 19.5 Å². The molecule has 2 N–H and O–H groups in total. The molecule has 0 radical (unpaired) electrons. The van der Waals surface area contributed by atoms with Gasteiger partial charge in [-0.2, -0.15) is 0 Å². The maximum absolute atomic E-state index is 8.76. The highest BCUT2D eigenvalue weighted by Crippen LogP contribution is 1.95. The molecule has 0 aliphatic heterocycles. The van der Waals surface area contributed by atoms with Crippen LogP contribution < -0.4 is 5.32 Å². The molecule has 6 nitrogen and oxygen atoms in total. The number of aliphatic hydroxyl groups is 1. The Hall–Kier alpha value is -1.79. The lowest BCUT2D eigenvalue weighted by atomic mass is 10.3. The monoisotopic (exact) mass is 247 g/mol. The molecule has 0 amide bonds. The van der Waals surface area contributed by atoms with E-state index in [1.54, 1.807) is 10.9 Å². The summed E-state index contributed by atoms with van der Waals surface area (Å²) in [6, 6.07) is 5.92. The van der Waals surface area contributed by atoms with E-state index >= 15 is 0 Å². The fourth-order valence-corrected chi connectivity index (χ4v) is 1.61. The van der Waals surface area contributed by atoms with Gasteiger partial charge in [0.05, 0.1) is 18.8 Å². The van der Waals surface area contributed by atoms with E-state index in [-0.39, 0.29) is 6.61 Å². The summed E-state index contributed by atoms with van der Waals surface area (Å²) in [4.78, 5) is 4.25. The quantitative estimate of drug-likeness (QED) is 0.673. The Labute approximate surface area is 106 Å². The lowest BCUT2D eigenvalue weighted by molar-refractivity contribution is 0.268. The van der Waals surface area contributed by atoms with Crippen molar-refractivity contribution in [2.75, 3.05) is 13.2 Å². The molecule has 0 aliphatic rings. The number of nitrogens with one attached hydrogen (secondary N) is 1. The lowest BCUT2D eigenvalue weighted by Gasteiger charge is -2.01. The molecule has 0 saturated heterocycles. The van der Waals surface area contributed by atoms with Gasteiger partial charge in [-0.3, -0.25) is 4.98 Å². The minimum atomic E-state index is 0.0793. The van der Waals surface area contributed by atoms with E-state index in [0.29, 0.717) is 13.1 Å². The number of rotatable bonds is 7. The molecule has 0 atom stereocenters. The molecule has 0 fully saturated rings. The Kier molecular flexibility index (Phi) is 4.80. The first-order valence-electron chi connectivity index (χ1n) is 5.99. The summed E-state index contributed by atoms with van der Waals surface area (Å²) < 4.78 is 1.63. The summed E-state index contributed by atoms with van der Waals surface area (Å²) in [5, 5.41) is 19.9. The average molecular weight is 247 g/mol. The van der Waals surface area contributed by atoms with Crippen LogP contribution in [0.1, 0.15) is 11.4 Å². The third-order valence-electron chi connectivity index (χ3n) is 2.51. The molecule has 0 aromatic carbocycles. The van der Waals surface area contributed by atoms with Gasteiger partial charge < -0.3 is 10.4 Å². The van der Waals surface area contributed by atoms with Gasteiger partial charge >= 0.3 is 0 Å². The fraction of sp³-hybridized carbons (Fsp3) is 0.417. The molecule has 2 rings (SSSR count). The second kappa shape index (κ2) is 6.83. The Morgan fingerprint density at radius 3 is 3.00 bits per heavy atom. The summed E-state index contributed by atoms with van der Waals surface area (Å²) in [6.45, 7) is 2.10. The molecule has 6 heteroatoms. The van der Waals surface area contributed by atoms with E-state index in [4.69, 9.17) is 5.11 Å². The number of pyridine rings is 1. The normalized spacial score (nSPS) is 10.7. The Morgan fingerprint density at radius 2 is 2.22 bits per heavy atom. The summed E-state index contributed by atoms with van der Waals surface area (Å²) in [5.74, 6) is 0. The molecule has 0 saturated carbocycles. The van der Waals surface area contributed by atoms with Crippen molar-refractivity contribution >= 4 is 0 Å². The van der Waals surface area contributed by atoms with E-state index in [1.807, 2.05) is 24.4 Å². The van der Waals surface area contributed by atoms with Crippen LogP contribution >= 0.6 is 0 Å². The van der Waals surface area contributed by atoms with Gasteiger partial charge in [0, 0.05) is 37.6 Å². The molecule has 2 aromatic rings. The third-order valence-corrected chi connectivity index (χ3v) is 2.51. The maximum atomic E-state index is 8.76. The number of hydrogen-bond acceptors (Lipinski definition) is 5. The predicted octanol–water partition coefficient (Wildman–Crippen LogP) is -0.00230. The standard InChI is InChI=1S/C12H17N5O/c18-8-7-17-10-12(15-16-17)9-13-6-4-11-3-1-2-5-14-11/h1-3,5,10,13,18H,4,6-9H2. The summed E-state index contributed by atoms with van der Waals surface area (Å²) in [7, 11) is 0. The first-order valence-corrected chi connectivity index (χ1v) is 5.99. The largest absolute Gasteiger partial charge is 0.394 e. The summed E-state index contributed by atoms with van der Waals surface area (Å²) in [6.07, 6.45) is 4.53. The number of aromatic nitrogens is 4. The van der Waals surface area contributed by atoms with Crippen molar-refractivity contribution in [3.8, 4) is 0 Å². The second-order valence-corrected chi connectivity index (χ2v) is 3.94. The van der Waals surface area contributed by atoms with Crippen LogP contribution in [-0.2, 0) is 19.5 Å². The van der Waals surface area contributed by atoms with Crippen molar-refractivity contribution in [3.63, 3.8) is 0 Å². The van der Waals surface area contributed by atoms with Crippen LogP contribution in [0, 0.1) is 0 Å². The molecular formula is C12H17N5O. The van der Waals surface area contributed by atoms with Gasteiger partial charge in [-0.05, 0) is 12.1 Å². The van der Waals surface area contributed by atoms with E-state index in [0.717, 1.165) is 24.4 Å². The molecule has 0 bridgehead atoms. The lowest BCUT2D eigenvalue weighted by Crippen LogP contribution is -2.17. The van der Waals surface area contributed by atoms with Gasteiger partial charge in [-0.25, -0.2) is 4.68 Å². The summed E-state index contributed by atoms with van der Waals surface area (Å²) >= 11 is 0. The fourth-order valence-electron chi connectivity index (χ4n) is 1.61. The van der Waals surface area contributed by atoms with Crippen molar-refractivity contribution < 1.29 is 5.11 Å². The van der Waals surface area contributed by atoms with Crippen molar-refractivity contribution in [1.29, 1.82) is 0 Å². The smallest absolute Gasteiger partial charge is 0.0964 e. The second-order valence-electron chi connectivity index (χ2n) is 3.94. The van der Waals surface area contributed by atoms with Crippen molar-refractivity contribution in [2.24, 2.45) is 0 Å². The average Bonchev–Trinajstić information content (AvgIpc) is 2.84. The molecule has 96 valence electrons. The molecule has 2 heterocycles. The first kappa shape index (κ1) is 12.7. The van der Waals surface area contributed by atoms with E-state index in [1.165, 1.54) is 0 Å². The molecular weight excluding hydrogens is 230 g/mol. The highest BCUT2D eigenvalue weighted by molar-refractivity contribution is 5.03. The molecule has 0 unspecified atom stereocenters. The molecule has 18 heavy (non-hydrogen) atoms. The van der Waals surface area contributed by atoms with Crippen LogP contribution in [0.3, 0.4) is 0 Å².